The van der Waals surface area contributed by atoms with Crippen molar-refractivity contribution < 1.29 is 4.57 Å². The Labute approximate surface area is 121 Å². The average molecular weight is 301 g/mol. The molecule has 0 fully saturated rings. The molecule has 2 rings (SSSR count). The average Bonchev–Trinajstić information content (AvgIpc) is 2.56. The topological polar surface area (TPSA) is 20.8 Å². The van der Waals surface area contributed by atoms with Crippen LogP contribution < -0.4 is 9.88 Å². The van der Waals surface area contributed by atoms with Gasteiger partial charge in [-0.05, 0) is 18.2 Å². The Morgan fingerprint density at radius 2 is 1.89 bits per heavy atom. The number of rotatable bonds is 2. The zero-order valence-corrected chi connectivity index (χ0v) is 12.3. The molecule has 1 N–H and O–H groups in total. The standard InChI is InChI=1S/C12H11Cl2N3S/c1-16-3-4-17(2)12(16)11(18)15-10-6-8(13)5-9(14)7-10/h3-7H,1-2H3/p+1. The van der Waals surface area contributed by atoms with E-state index in [0.29, 0.717) is 15.0 Å². The number of anilines is 1. The third-order valence-electron chi connectivity index (χ3n) is 2.51. The molecule has 3 nitrogen and oxygen atoms in total. The van der Waals surface area contributed by atoms with Gasteiger partial charge in [-0.2, -0.15) is 0 Å². The fourth-order valence-corrected chi connectivity index (χ4v) is 2.66. The molecule has 1 heterocycles. The maximum absolute atomic E-state index is 5.94. The number of nitrogens with zero attached hydrogens (tertiary/aromatic N) is 2. The molecule has 0 amide bonds. The van der Waals surface area contributed by atoms with Gasteiger partial charge in [0.15, 0.2) is 4.99 Å². The highest BCUT2D eigenvalue weighted by Gasteiger charge is 2.17. The minimum atomic E-state index is 0.573. The molecule has 0 aliphatic rings. The van der Waals surface area contributed by atoms with Crippen molar-refractivity contribution in [2.24, 2.45) is 14.1 Å². The third-order valence-corrected chi connectivity index (χ3v) is 3.23. The molecule has 6 heteroatoms. The number of hydrogen-bond donors (Lipinski definition) is 1. The molecule has 1 aromatic carbocycles. The molecule has 0 unspecified atom stereocenters. The smallest absolute Gasteiger partial charge is 0.316 e. The van der Waals surface area contributed by atoms with Gasteiger partial charge in [-0.1, -0.05) is 35.4 Å². The molecule has 0 radical (unpaired) electrons. The van der Waals surface area contributed by atoms with Crippen molar-refractivity contribution in [3.05, 3.63) is 46.5 Å². The summed E-state index contributed by atoms with van der Waals surface area (Å²) >= 11 is 17.3. The minimum absolute atomic E-state index is 0.573. The Balaban J connectivity index is 2.27. The summed E-state index contributed by atoms with van der Waals surface area (Å²) in [5.41, 5.74) is 0.777. The zero-order chi connectivity index (χ0) is 13.3. The second-order valence-electron chi connectivity index (χ2n) is 3.96. The normalized spacial score (nSPS) is 10.4. The molecule has 0 atom stereocenters. The lowest BCUT2D eigenvalue weighted by Gasteiger charge is -2.07. The molecule has 0 bridgehead atoms. The molecular weight excluding hydrogens is 289 g/mol. The number of hydrogen-bond acceptors (Lipinski definition) is 1. The number of nitrogens with one attached hydrogen (secondary N) is 1. The summed E-state index contributed by atoms with van der Waals surface area (Å²) in [6, 6.07) is 5.24. The van der Waals surface area contributed by atoms with E-state index in [2.05, 4.69) is 5.32 Å². The van der Waals surface area contributed by atoms with Crippen LogP contribution in [-0.4, -0.2) is 9.56 Å². The van der Waals surface area contributed by atoms with Crippen molar-refractivity contribution in [2.45, 2.75) is 0 Å². The van der Waals surface area contributed by atoms with Gasteiger partial charge in [0.05, 0.1) is 14.1 Å². The first-order valence-electron chi connectivity index (χ1n) is 5.26. The number of halogens is 2. The Morgan fingerprint density at radius 1 is 1.28 bits per heavy atom. The predicted octanol–water partition coefficient (Wildman–Crippen LogP) is 2.94. The van der Waals surface area contributed by atoms with Gasteiger partial charge in [-0.15, -0.1) is 0 Å². The fraction of sp³-hybridized carbons (Fsp3) is 0.167. The summed E-state index contributed by atoms with van der Waals surface area (Å²) in [7, 11) is 3.88. The van der Waals surface area contributed by atoms with Gasteiger partial charge in [0.2, 0.25) is 0 Å². The molecule has 0 spiro atoms. The minimum Gasteiger partial charge on any atom is -0.340 e. The van der Waals surface area contributed by atoms with E-state index in [-0.39, 0.29) is 0 Å². The maximum atomic E-state index is 5.94. The summed E-state index contributed by atoms with van der Waals surface area (Å²) in [6.07, 6.45) is 3.88. The number of aryl methyl sites for hydroxylation is 2. The van der Waals surface area contributed by atoms with Crippen molar-refractivity contribution in [1.82, 2.24) is 4.57 Å². The molecule has 1 aromatic heterocycles. The Hall–Kier alpha value is -1.10. The summed E-state index contributed by atoms with van der Waals surface area (Å²) < 4.78 is 3.89. The van der Waals surface area contributed by atoms with Gasteiger partial charge >= 0.3 is 5.82 Å². The van der Waals surface area contributed by atoms with Crippen LogP contribution in [0.25, 0.3) is 0 Å². The second kappa shape index (κ2) is 5.26. The van der Waals surface area contributed by atoms with E-state index in [0.717, 1.165) is 11.5 Å². The van der Waals surface area contributed by atoms with E-state index < -0.39 is 0 Å². The van der Waals surface area contributed by atoms with Crippen molar-refractivity contribution in [3.63, 3.8) is 0 Å². The first kappa shape index (κ1) is 13.3. The molecule has 2 aromatic rings. The number of imidazole rings is 1. The van der Waals surface area contributed by atoms with Crippen LogP contribution >= 0.6 is 35.4 Å². The summed E-state index contributed by atoms with van der Waals surface area (Å²) in [5, 5.41) is 4.27. The highest BCUT2D eigenvalue weighted by Crippen LogP contribution is 2.22. The third kappa shape index (κ3) is 2.83. The fourth-order valence-electron chi connectivity index (χ4n) is 1.72. The van der Waals surface area contributed by atoms with Crippen LogP contribution in [0.4, 0.5) is 5.69 Å². The van der Waals surface area contributed by atoms with Crippen molar-refractivity contribution >= 4 is 46.1 Å². The van der Waals surface area contributed by atoms with Crippen LogP contribution in [0, 0.1) is 0 Å². The van der Waals surface area contributed by atoms with E-state index in [9.17, 15) is 0 Å². The maximum Gasteiger partial charge on any atom is 0.316 e. The molecule has 0 saturated heterocycles. The molecule has 18 heavy (non-hydrogen) atoms. The van der Waals surface area contributed by atoms with Crippen LogP contribution in [0.5, 0.6) is 0 Å². The lowest BCUT2D eigenvalue weighted by atomic mass is 10.3. The van der Waals surface area contributed by atoms with Crippen LogP contribution in [0.15, 0.2) is 30.6 Å². The van der Waals surface area contributed by atoms with E-state index in [1.54, 1.807) is 18.2 Å². The first-order valence-corrected chi connectivity index (χ1v) is 6.42. The second-order valence-corrected chi connectivity index (χ2v) is 5.24. The zero-order valence-electron chi connectivity index (χ0n) is 9.95. The van der Waals surface area contributed by atoms with Crippen LogP contribution in [-0.2, 0) is 14.1 Å². The van der Waals surface area contributed by atoms with Crippen molar-refractivity contribution in [1.29, 1.82) is 0 Å². The SMILES string of the molecule is Cn1cc[n+](C)c1C(=S)Nc1cc(Cl)cc(Cl)c1. The van der Waals surface area contributed by atoms with Crippen LogP contribution in [0.1, 0.15) is 5.82 Å². The quantitative estimate of drug-likeness (QED) is 0.680. The summed E-state index contributed by atoms with van der Waals surface area (Å²) in [4.78, 5) is 0.614. The number of benzene rings is 1. The van der Waals surface area contributed by atoms with Gasteiger partial charge < -0.3 is 5.32 Å². The predicted molar refractivity (Wildman–Crippen MR) is 78.4 cm³/mol. The monoisotopic (exact) mass is 300 g/mol. The lowest BCUT2D eigenvalue weighted by Crippen LogP contribution is -2.36. The van der Waals surface area contributed by atoms with Crippen molar-refractivity contribution in [3.8, 4) is 0 Å². The van der Waals surface area contributed by atoms with Gasteiger partial charge in [0.1, 0.15) is 12.4 Å². The van der Waals surface area contributed by atoms with E-state index in [1.165, 1.54) is 0 Å². The highest BCUT2D eigenvalue weighted by atomic mass is 35.5. The summed E-state index contributed by atoms with van der Waals surface area (Å²) in [5.74, 6) is 0.904. The van der Waals surface area contributed by atoms with Gasteiger partial charge in [0.25, 0.3) is 0 Å². The molecule has 0 aliphatic heterocycles. The number of thiocarbonyl (C=S) groups is 1. The van der Waals surface area contributed by atoms with Crippen LogP contribution in [0.2, 0.25) is 10.0 Å². The molecular formula is C12H12Cl2N3S+. The van der Waals surface area contributed by atoms with E-state index in [1.807, 2.05) is 35.6 Å². The van der Waals surface area contributed by atoms with E-state index >= 15 is 0 Å². The largest absolute Gasteiger partial charge is 0.340 e. The summed E-state index contributed by atoms with van der Waals surface area (Å²) in [6.45, 7) is 0. The highest BCUT2D eigenvalue weighted by molar-refractivity contribution is 7.81. The Bertz CT molecular complexity index is 568. The Kier molecular flexibility index (Phi) is 3.90. The van der Waals surface area contributed by atoms with Crippen LogP contribution in [0.3, 0.4) is 0 Å². The first-order chi connectivity index (χ1) is 8.47. The lowest BCUT2D eigenvalue weighted by molar-refractivity contribution is -0.672. The molecule has 94 valence electrons. The van der Waals surface area contributed by atoms with E-state index in [4.69, 9.17) is 35.4 Å². The number of aromatic nitrogens is 2. The Morgan fingerprint density at radius 3 is 2.39 bits per heavy atom. The van der Waals surface area contributed by atoms with Gasteiger partial charge in [-0.25, -0.2) is 9.13 Å². The van der Waals surface area contributed by atoms with Gasteiger partial charge in [-0.3, -0.25) is 0 Å². The molecule has 0 aliphatic carbocycles. The molecule has 0 saturated carbocycles. The van der Waals surface area contributed by atoms with Gasteiger partial charge in [0, 0.05) is 15.7 Å². The van der Waals surface area contributed by atoms with Crippen molar-refractivity contribution in [2.75, 3.05) is 5.32 Å².